The molecule has 1 fully saturated rings. The minimum Gasteiger partial charge on any atom is -0.351 e. The average Bonchev–Trinajstić information content (AvgIpc) is 3.11. The molecule has 1 saturated heterocycles. The van der Waals surface area contributed by atoms with Crippen LogP contribution in [0.3, 0.4) is 0 Å². The second-order valence-corrected chi connectivity index (χ2v) is 7.30. The van der Waals surface area contributed by atoms with Crippen LogP contribution in [-0.4, -0.2) is 34.8 Å². The maximum atomic E-state index is 12.9. The molecule has 2 N–H and O–H groups in total. The van der Waals surface area contributed by atoms with E-state index in [2.05, 4.69) is 10.3 Å². The van der Waals surface area contributed by atoms with Crippen LogP contribution in [0.4, 0.5) is 5.69 Å². The van der Waals surface area contributed by atoms with Crippen molar-refractivity contribution in [2.75, 3.05) is 18.4 Å². The molecule has 5 nitrogen and oxygen atoms in total. The smallest absolute Gasteiger partial charge is 0.270 e. The highest BCUT2D eigenvalue weighted by atomic mass is 35.5. The normalized spacial score (nSPS) is 17.1. The summed E-state index contributed by atoms with van der Waals surface area (Å²) in [5.41, 5.74) is 2.17. The standard InChI is InChI=1S/C21H20ClN3O2/c22-16-8-9-18-15(11-16)12-19(24-18)21(27)25-10-4-5-14(13-25)20(26)23-17-6-2-1-3-7-17/h1-3,6-9,11-12,14,24H,4-5,10,13H2,(H,23,26)/t14-/m0/s1. The first kappa shape index (κ1) is 17.6. The van der Waals surface area contributed by atoms with Crippen molar-refractivity contribution in [2.24, 2.45) is 5.92 Å². The number of hydrogen-bond donors (Lipinski definition) is 2. The maximum Gasteiger partial charge on any atom is 0.270 e. The molecule has 0 saturated carbocycles. The number of benzene rings is 2. The van der Waals surface area contributed by atoms with Crippen LogP contribution >= 0.6 is 11.6 Å². The van der Waals surface area contributed by atoms with Crippen LogP contribution in [0.2, 0.25) is 5.02 Å². The Kier molecular flexibility index (Phi) is 4.86. The van der Waals surface area contributed by atoms with Gasteiger partial charge in [0, 0.05) is 34.7 Å². The topological polar surface area (TPSA) is 65.2 Å². The molecule has 1 aromatic heterocycles. The van der Waals surface area contributed by atoms with Gasteiger partial charge in [0.05, 0.1) is 5.92 Å². The van der Waals surface area contributed by atoms with Gasteiger partial charge in [0.2, 0.25) is 5.91 Å². The number of anilines is 1. The summed E-state index contributed by atoms with van der Waals surface area (Å²) in [6.45, 7) is 1.08. The number of carbonyl (C=O) groups is 2. The molecule has 138 valence electrons. The van der Waals surface area contributed by atoms with E-state index < -0.39 is 0 Å². The highest BCUT2D eigenvalue weighted by Crippen LogP contribution is 2.24. The van der Waals surface area contributed by atoms with Crippen LogP contribution in [0.15, 0.2) is 54.6 Å². The van der Waals surface area contributed by atoms with Crippen molar-refractivity contribution < 1.29 is 9.59 Å². The summed E-state index contributed by atoms with van der Waals surface area (Å²) >= 11 is 6.02. The number of aromatic amines is 1. The number of aromatic nitrogens is 1. The molecular formula is C21H20ClN3O2. The zero-order valence-electron chi connectivity index (χ0n) is 14.7. The zero-order valence-corrected chi connectivity index (χ0v) is 15.5. The van der Waals surface area contributed by atoms with Gasteiger partial charge in [-0.15, -0.1) is 0 Å². The van der Waals surface area contributed by atoms with Gasteiger partial charge >= 0.3 is 0 Å². The lowest BCUT2D eigenvalue weighted by Gasteiger charge is -2.31. The quantitative estimate of drug-likeness (QED) is 0.709. The van der Waals surface area contributed by atoms with Gasteiger partial charge < -0.3 is 15.2 Å². The second kappa shape index (κ2) is 7.45. The first-order valence-corrected chi connectivity index (χ1v) is 9.41. The minimum absolute atomic E-state index is 0.0397. The number of hydrogen-bond acceptors (Lipinski definition) is 2. The van der Waals surface area contributed by atoms with E-state index >= 15 is 0 Å². The van der Waals surface area contributed by atoms with Gasteiger partial charge in [0.1, 0.15) is 5.69 Å². The molecule has 0 aliphatic carbocycles. The number of H-pyrrole nitrogens is 1. The van der Waals surface area contributed by atoms with E-state index in [0.29, 0.717) is 23.8 Å². The van der Waals surface area contributed by atoms with Crippen LogP contribution in [-0.2, 0) is 4.79 Å². The van der Waals surface area contributed by atoms with Crippen LogP contribution in [0.5, 0.6) is 0 Å². The summed E-state index contributed by atoms with van der Waals surface area (Å²) in [6, 6.07) is 16.7. The number of para-hydroxylation sites is 1. The Balaban J connectivity index is 1.46. The van der Waals surface area contributed by atoms with E-state index in [4.69, 9.17) is 11.6 Å². The third kappa shape index (κ3) is 3.83. The molecule has 2 aromatic carbocycles. The van der Waals surface area contributed by atoms with Gasteiger partial charge in [0.25, 0.3) is 5.91 Å². The SMILES string of the molecule is O=C(Nc1ccccc1)[C@H]1CCCN(C(=O)c2cc3cc(Cl)ccc3[nH]2)C1. The Morgan fingerprint density at radius 1 is 1.11 bits per heavy atom. The highest BCUT2D eigenvalue weighted by molar-refractivity contribution is 6.31. The summed E-state index contributed by atoms with van der Waals surface area (Å²) in [7, 11) is 0. The highest BCUT2D eigenvalue weighted by Gasteiger charge is 2.29. The Morgan fingerprint density at radius 2 is 1.93 bits per heavy atom. The number of likely N-dealkylation sites (tertiary alicyclic amines) is 1. The Bertz CT molecular complexity index is 984. The number of rotatable bonds is 3. The first-order chi connectivity index (χ1) is 13.1. The van der Waals surface area contributed by atoms with Gasteiger partial charge in [-0.1, -0.05) is 29.8 Å². The number of fused-ring (bicyclic) bond motifs is 1. The molecule has 1 aliphatic heterocycles. The number of carbonyl (C=O) groups excluding carboxylic acids is 2. The van der Waals surface area contributed by atoms with Crippen molar-refractivity contribution in [3.63, 3.8) is 0 Å². The average molecular weight is 382 g/mol. The summed E-state index contributed by atoms with van der Waals surface area (Å²) in [5, 5.41) is 4.48. The van der Waals surface area contributed by atoms with Gasteiger partial charge in [-0.3, -0.25) is 9.59 Å². The molecule has 0 unspecified atom stereocenters. The van der Waals surface area contributed by atoms with Crippen LogP contribution < -0.4 is 5.32 Å². The fourth-order valence-corrected chi connectivity index (χ4v) is 3.71. The van der Waals surface area contributed by atoms with Crippen molar-refractivity contribution in [3.8, 4) is 0 Å². The Labute approximate surface area is 162 Å². The molecule has 0 radical (unpaired) electrons. The van der Waals surface area contributed by atoms with Gasteiger partial charge in [-0.05, 0) is 49.2 Å². The fourth-order valence-electron chi connectivity index (χ4n) is 3.53. The van der Waals surface area contributed by atoms with E-state index in [1.807, 2.05) is 48.5 Å². The lowest BCUT2D eigenvalue weighted by molar-refractivity contribution is -0.121. The molecule has 6 heteroatoms. The number of amides is 2. The molecule has 1 atom stereocenters. The predicted octanol–water partition coefficient (Wildman–Crippen LogP) is 4.31. The first-order valence-electron chi connectivity index (χ1n) is 9.03. The molecule has 3 aromatic rings. The van der Waals surface area contributed by atoms with Gasteiger partial charge in [-0.2, -0.15) is 0 Å². The summed E-state index contributed by atoms with van der Waals surface area (Å²) < 4.78 is 0. The third-order valence-electron chi connectivity index (χ3n) is 4.93. The predicted molar refractivity (Wildman–Crippen MR) is 107 cm³/mol. The maximum absolute atomic E-state index is 12.9. The fraction of sp³-hybridized carbons (Fsp3) is 0.238. The van der Waals surface area contributed by atoms with Gasteiger partial charge in [-0.25, -0.2) is 0 Å². The molecule has 27 heavy (non-hydrogen) atoms. The lowest BCUT2D eigenvalue weighted by Crippen LogP contribution is -2.43. The van der Waals surface area contributed by atoms with Crippen molar-refractivity contribution in [1.29, 1.82) is 0 Å². The van der Waals surface area contributed by atoms with Crippen molar-refractivity contribution in [2.45, 2.75) is 12.8 Å². The number of piperidine rings is 1. The molecule has 2 amide bonds. The Hall–Kier alpha value is -2.79. The molecule has 0 bridgehead atoms. The second-order valence-electron chi connectivity index (χ2n) is 6.86. The molecule has 2 heterocycles. The summed E-state index contributed by atoms with van der Waals surface area (Å²) in [5.74, 6) is -0.330. The van der Waals surface area contributed by atoms with Crippen LogP contribution in [0, 0.1) is 5.92 Å². The van der Waals surface area contributed by atoms with Crippen molar-refractivity contribution in [3.05, 3.63) is 65.3 Å². The van der Waals surface area contributed by atoms with Crippen molar-refractivity contribution >= 4 is 40.0 Å². The molecular weight excluding hydrogens is 362 g/mol. The summed E-state index contributed by atoms with van der Waals surface area (Å²) in [6.07, 6.45) is 1.59. The van der Waals surface area contributed by atoms with Crippen molar-refractivity contribution in [1.82, 2.24) is 9.88 Å². The Morgan fingerprint density at radius 3 is 2.74 bits per heavy atom. The van der Waals surface area contributed by atoms with E-state index in [1.54, 1.807) is 11.0 Å². The van der Waals surface area contributed by atoms with E-state index in [9.17, 15) is 9.59 Å². The number of nitrogens with zero attached hydrogens (tertiary/aromatic N) is 1. The third-order valence-corrected chi connectivity index (χ3v) is 5.17. The van der Waals surface area contributed by atoms with Crippen LogP contribution in [0.25, 0.3) is 10.9 Å². The molecule has 4 rings (SSSR count). The monoisotopic (exact) mass is 381 g/mol. The lowest BCUT2D eigenvalue weighted by atomic mass is 9.96. The van der Waals surface area contributed by atoms with Crippen LogP contribution in [0.1, 0.15) is 23.3 Å². The van der Waals surface area contributed by atoms with Gasteiger partial charge in [0.15, 0.2) is 0 Å². The van der Waals surface area contributed by atoms with E-state index in [1.165, 1.54) is 0 Å². The number of halogens is 1. The largest absolute Gasteiger partial charge is 0.351 e. The molecule has 1 aliphatic rings. The molecule has 0 spiro atoms. The minimum atomic E-state index is -0.207. The number of nitrogens with one attached hydrogen (secondary N) is 2. The van der Waals surface area contributed by atoms with E-state index in [-0.39, 0.29) is 17.7 Å². The summed E-state index contributed by atoms with van der Waals surface area (Å²) in [4.78, 5) is 30.4. The van der Waals surface area contributed by atoms with E-state index in [0.717, 1.165) is 29.4 Å². The zero-order chi connectivity index (χ0) is 18.8.